The molecule has 0 amide bonds. The predicted molar refractivity (Wildman–Crippen MR) is 98.1 cm³/mol. The standard InChI is InChI=1S/C17H18ClN3OS/c1-19(2)11-17(22)21-13-9-8-12(18)10-15(13)20(3)23-16-7-5-4-6-14(16)21/h4-10H,11H2,1-3H3. The molecule has 1 heterocycles. The topological polar surface area (TPSA) is 30.2 Å². The van der Waals surface area contributed by atoms with E-state index in [4.69, 9.17) is 11.6 Å². The molecule has 0 unspecified atom stereocenters. The Morgan fingerprint density at radius 1 is 1.13 bits per heavy atom. The van der Waals surface area contributed by atoms with E-state index in [1.165, 1.54) is 0 Å². The summed E-state index contributed by atoms with van der Waals surface area (Å²) < 4.78 is 4.87. The van der Waals surface area contributed by atoms with Crippen LogP contribution in [0.2, 0.25) is 5.02 Å². The fourth-order valence-corrected chi connectivity index (χ4v) is 3.69. The van der Waals surface area contributed by atoms with Gasteiger partial charge in [-0.2, -0.15) is 0 Å². The molecule has 3 aromatic rings. The number of halogens is 1. The van der Waals surface area contributed by atoms with Gasteiger partial charge in [0, 0.05) is 12.1 Å². The van der Waals surface area contributed by atoms with Crippen LogP contribution in [0.25, 0.3) is 21.3 Å². The molecule has 0 fully saturated rings. The van der Waals surface area contributed by atoms with Gasteiger partial charge in [0.15, 0.2) is 0 Å². The number of rotatable bonds is 2. The van der Waals surface area contributed by atoms with Crippen molar-refractivity contribution in [2.45, 2.75) is 0 Å². The summed E-state index contributed by atoms with van der Waals surface area (Å²) >= 11 is 7.76. The van der Waals surface area contributed by atoms with Crippen LogP contribution in [0, 0.1) is 0 Å². The van der Waals surface area contributed by atoms with Gasteiger partial charge in [0.05, 0.1) is 27.8 Å². The quantitative estimate of drug-likeness (QED) is 0.696. The van der Waals surface area contributed by atoms with Crippen molar-refractivity contribution in [1.82, 2.24) is 13.4 Å². The number of fused-ring (bicyclic) bond motifs is 2. The minimum Gasteiger partial charge on any atom is -0.301 e. The molecule has 3 rings (SSSR count). The second-order valence-electron chi connectivity index (χ2n) is 5.66. The van der Waals surface area contributed by atoms with E-state index in [-0.39, 0.29) is 5.91 Å². The van der Waals surface area contributed by atoms with Gasteiger partial charge in [-0.3, -0.25) is 13.3 Å². The zero-order chi connectivity index (χ0) is 16.6. The van der Waals surface area contributed by atoms with E-state index in [9.17, 15) is 4.79 Å². The van der Waals surface area contributed by atoms with Crippen LogP contribution in [0.5, 0.6) is 0 Å². The van der Waals surface area contributed by atoms with Gasteiger partial charge >= 0.3 is 0 Å². The molecular weight excluding hydrogens is 330 g/mol. The highest BCUT2D eigenvalue weighted by molar-refractivity contribution is 7.13. The molecule has 0 atom stereocenters. The molecule has 6 heteroatoms. The summed E-state index contributed by atoms with van der Waals surface area (Å²) in [5.41, 5.74) is 2.67. The Hall–Kier alpha value is -1.82. The molecule has 0 spiro atoms. The Morgan fingerprint density at radius 2 is 1.87 bits per heavy atom. The maximum absolute atomic E-state index is 12.9. The van der Waals surface area contributed by atoms with Crippen LogP contribution < -0.4 is 0 Å². The lowest BCUT2D eigenvalue weighted by Crippen LogP contribution is -2.26. The van der Waals surface area contributed by atoms with Crippen molar-refractivity contribution in [3.05, 3.63) is 47.5 Å². The third-order valence-corrected chi connectivity index (χ3v) is 4.81. The Bertz CT molecular complexity index is 934. The molecule has 2 aromatic carbocycles. The van der Waals surface area contributed by atoms with Crippen molar-refractivity contribution in [1.29, 1.82) is 0 Å². The van der Waals surface area contributed by atoms with Gasteiger partial charge in [-0.1, -0.05) is 35.3 Å². The van der Waals surface area contributed by atoms with Crippen LogP contribution in [-0.4, -0.2) is 40.0 Å². The van der Waals surface area contributed by atoms with Crippen LogP contribution in [0.4, 0.5) is 0 Å². The zero-order valence-corrected chi connectivity index (χ0v) is 14.9. The summed E-state index contributed by atoms with van der Waals surface area (Å²) in [5, 5.41) is 0.655. The van der Waals surface area contributed by atoms with Gasteiger partial charge in [-0.05, 0) is 44.4 Å². The average Bonchev–Trinajstić information content (AvgIpc) is 2.61. The van der Waals surface area contributed by atoms with Gasteiger partial charge < -0.3 is 4.90 Å². The van der Waals surface area contributed by atoms with Crippen molar-refractivity contribution in [2.24, 2.45) is 7.05 Å². The van der Waals surface area contributed by atoms with Crippen molar-refractivity contribution in [3.63, 3.8) is 0 Å². The molecular formula is C17H18ClN3OS. The number of para-hydroxylation sites is 1. The third kappa shape index (κ3) is 3.13. The number of aryl methyl sites for hydroxylation is 1. The lowest BCUT2D eigenvalue weighted by atomic mass is 10.2. The monoisotopic (exact) mass is 347 g/mol. The van der Waals surface area contributed by atoms with E-state index in [1.54, 1.807) is 16.1 Å². The van der Waals surface area contributed by atoms with Crippen molar-refractivity contribution >= 4 is 50.3 Å². The SMILES string of the molecule is CN(C)CC(=O)n1c2ccccc2sn(C)c2cc(Cl)ccc21. The first-order chi connectivity index (χ1) is 11.0. The minimum atomic E-state index is 0.0296. The van der Waals surface area contributed by atoms with E-state index >= 15 is 0 Å². The van der Waals surface area contributed by atoms with Crippen LogP contribution in [0.15, 0.2) is 42.5 Å². The molecule has 0 N–H and O–H groups in total. The van der Waals surface area contributed by atoms with Crippen molar-refractivity contribution < 1.29 is 4.79 Å². The number of hydrogen-bond acceptors (Lipinski definition) is 3. The first-order valence-corrected chi connectivity index (χ1v) is 8.40. The van der Waals surface area contributed by atoms with Crippen molar-refractivity contribution in [2.75, 3.05) is 20.6 Å². The summed E-state index contributed by atoms with van der Waals surface area (Å²) in [5.74, 6) is 0.0296. The molecule has 0 aliphatic heterocycles. The molecule has 23 heavy (non-hydrogen) atoms. The molecule has 0 bridgehead atoms. The first kappa shape index (κ1) is 16.1. The van der Waals surface area contributed by atoms with Crippen LogP contribution in [-0.2, 0) is 7.05 Å². The number of hydrogen-bond donors (Lipinski definition) is 0. The highest BCUT2D eigenvalue weighted by atomic mass is 35.5. The van der Waals surface area contributed by atoms with Gasteiger partial charge in [0.1, 0.15) is 0 Å². The number of carbonyl (C=O) groups excluding carboxylic acids is 1. The largest absolute Gasteiger partial charge is 0.301 e. The van der Waals surface area contributed by atoms with Gasteiger partial charge in [-0.25, -0.2) is 0 Å². The summed E-state index contributed by atoms with van der Waals surface area (Å²) in [6.45, 7) is 0.338. The Morgan fingerprint density at radius 3 is 2.61 bits per heavy atom. The van der Waals surface area contributed by atoms with Crippen LogP contribution >= 0.6 is 23.1 Å². The average molecular weight is 348 g/mol. The lowest BCUT2D eigenvalue weighted by molar-refractivity contribution is 0.0886. The van der Waals surface area contributed by atoms with E-state index in [0.29, 0.717) is 11.6 Å². The second-order valence-corrected chi connectivity index (χ2v) is 7.26. The Balaban J connectivity index is 2.50. The molecule has 120 valence electrons. The number of likely N-dealkylation sites (N-methyl/N-ethyl adjacent to an activating group) is 1. The lowest BCUT2D eigenvalue weighted by Gasteiger charge is -2.13. The minimum absolute atomic E-state index is 0.0296. The van der Waals surface area contributed by atoms with E-state index in [1.807, 2.05) is 72.5 Å². The molecule has 4 nitrogen and oxygen atoms in total. The first-order valence-electron chi connectivity index (χ1n) is 7.25. The van der Waals surface area contributed by atoms with E-state index < -0.39 is 0 Å². The summed E-state index contributed by atoms with van der Waals surface area (Å²) in [4.78, 5) is 14.8. The van der Waals surface area contributed by atoms with Crippen LogP contribution in [0.1, 0.15) is 4.79 Å². The number of carbonyl (C=O) groups is 1. The second kappa shape index (κ2) is 6.35. The third-order valence-electron chi connectivity index (χ3n) is 3.56. The van der Waals surface area contributed by atoms with Crippen molar-refractivity contribution in [3.8, 4) is 0 Å². The fourth-order valence-electron chi connectivity index (χ4n) is 2.59. The maximum atomic E-state index is 12.9. The van der Waals surface area contributed by atoms with Gasteiger partial charge in [0.2, 0.25) is 5.91 Å². The number of aromatic nitrogens is 2. The zero-order valence-electron chi connectivity index (χ0n) is 13.3. The van der Waals surface area contributed by atoms with Crippen LogP contribution in [0.3, 0.4) is 0 Å². The highest BCUT2D eigenvalue weighted by Gasteiger charge is 2.13. The normalized spacial score (nSPS) is 11.3. The Labute approximate surface area is 144 Å². The molecule has 1 aromatic heterocycles. The van der Waals surface area contributed by atoms with E-state index in [0.717, 1.165) is 21.3 Å². The molecule has 0 aliphatic rings. The number of benzene rings is 2. The Kier molecular flexibility index (Phi) is 4.43. The van der Waals surface area contributed by atoms with E-state index in [2.05, 4.69) is 0 Å². The maximum Gasteiger partial charge on any atom is 0.245 e. The fraction of sp³-hybridized carbons (Fsp3) is 0.235. The van der Waals surface area contributed by atoms with Gasteiger partial charge in [-0.15, -0.1) is 0 Å². The molecule has 0 saturated heterocycles. The summed E-state index contributed by atoms with van der Waals surface area (Å²) in [7, 11) is 5.77. The molecule has 0 radical (unpaired) electrons. The number of nitrogens with zero attached hydrogens (tertiary/aromatic N) is 3. The molecule has 0 saturated carbocycles. The summed E-state index contributed by atoms with van der Waals surface area (Å²) in [6, 6.07) is 13.6. The highest BCUT2D eigenvalue weighted by Crippen LogP contribution is 2.25. The van der Waals surface area contributed by atoms with Gasteiger partial charge in [0.25, 0.3) is 0 Å². The molecule has 0 aliphatic carbocycles. The smallest absolute Gasteiger partial charge is 0.245 e. The summed E-state index contributed by atoms with van der Waals surface area (Å²) in [6.07, 6.45) is 0. The predicted octanol–water partition coefficient (Wildman–Crippen LogP) is 4.17.